The van der Waals surface area contributed by atoms with Crippen LogP contribution >= 0.6 is 12.6 Å². The molecule has 0 bridgehead atoms. The Balaban J connectivity index is 1.86. The molecule has 2 fully saturated rings. The lowest BCUT2D eigenvalue weighted by Crippen LogP contribution is -2.46. The van der Waals surface area contributed by atoms with Gasteiger partial charge in [0.15, 0.2) is 0 Å². The molecule has 3 unspecified atom stereocenters. The van der Waals surface area contributed by atoms with Crippen molar-refractivity contribution in [1.29, 1.82) is 0 Å². The molecule has 2 aliphatic rings. The van der Waals surface area contributed by atoms with E-state index in [1.807, 2.05) is 0 Å². The fourth-order valence-corrected chi connectivity index (χ4v) is 8.48. The number of allylic oxidation sites excluding steroid dienone is 1. The molecule has 3 nitrogen and oxygen atoms in total. The number of likely N-dealkylation sites (N-methyl/N-ethyl adjacent to an activating group) is 1. The van der Waals surface area contributed by atoms with Gasteiger partial charge < -0.3 is 15.5 Å². The van der Waals surface area contributed by atoms with E-state index in [0.717, 1.165) is 36.1 Å². The van der Waals surface area contributed by atoms with E-state index >= 15 is 0 Å². The SMILES string of the molecule is C=C(C)C1CC(CCCCC[C@H](C)S)[C@@H](CCCCC2CN(CCC)C2)[C@@H](CCCCCC(N)CN(C)CCCC)C1. The molecule has 1 heterocycles. The molecule has 4 heteroatoms. The van der Waals surface area contributed by atoms with E-state index < -0.39 is 0 Å². The van der Waals surface area contributed by atoms with Crippen molar-refractivity contribution in [2.75, 3.05) is 39.8 Å². The van der Waals surface area contributed by atoms with Crippen LogP contribution in [0.15, 0.2) is 12.2 Å². The van der Waals surface area contributed by atoms with Gasteiger partial charge in [-0.2, -0.15) is 12.6 Å². The van der Waals surface area contributed by atoms with Crippen LogP contribution in [0.5, 0.6) is 0 Å². The molecule has 42 heavy (non-hydrogen) atoms. The third-order valence-corrected chi connectivity index (χ3v) is 11.1. The minimum absolute atomic E-state index is 0.335. The van der Waals surface area contributed by atoms with E-state index in [0.29, 0.717) is 11.3 Å². The molecule has 1 aliphatic carbocycles. The van der Waals surface area contributed by atoms with Crippen molar-refractivity contribution in [2.24, 2.45) is 35.3 Å². The highest BCUT2D eigenvalue weighted by atomic mass is 32.1. The van der Waals surface area contributed by atoms with Gasteiger partial charge in [0.1, 0.15) is 0 Å². The monoisotopic (exact) mass is 606 g/mol. The highest BCUT2D eigenvalue weighted by molar-refractivity contribution is 7.80. The number of thiol groups is 1. The minimum Gasteiger partial charge on any atom is -0.327 e. The third kappa shape index (κ3) is 15.8. The molecule has 248 valence electrons. The van der Waals surface area contributed by atoms with Crippen molar-refractivity contribution in [2.45, 2.75) is 161 Å². The van der Waals surface area contributed by atoms with Crippen LogP contribution in [0, 0.1) is 29.6 Å². The molecule has 2 rings (SSSR count). The summed E-state index contributed by atoms with van der Waals surface area (Å²) in [6.07, 6.45) is 26.1. The summed E-state index contributed by atoms with van der Waals surface area (Å²) in [6, 6.07) is 0.335. The Hall–Kier alpha value is -0.0300. The van der Waals surface area contributed by atoms with Crippen LogP contribution in [0.3, 0.4) is 0 Å². The first-order chi connectivity index (χ1) is 20.2. The van der Waals surface area contributed by atoms with Crippen molar-refractivity contribution in [3.8, 4) is 0 Å². The van der Waals surface area contributed by atoms with Gasteiger partial charge >= 0.3 is 0 Å². The molecular weight excluding hydrogens is 531 g/mol. The molecule has 6 atom stereocenters. The van der Waals surface area contributed by atoms with Gasteiger partial charge in [-0.25, -0.2) is 0 Å². The predicted molar refractivity (Wildman–Crippen MR) is 192 cm³/mol. The molecule has 0 aromatic heterocycles. The van der Waals surface area contributed by atoms with Crippen LogP contribution in [0.25, 0.3) is 0 Å². The van der Waals surface area contributed by atoms with Crippen LogP contribution in [0.2, 0.25) is 0 Å². The lowest BCUT2D eigenvalue weighted by molar-refractivity contribution is 0.0812. The van der Waals surface area contributed by atoms with E-state index in [1.165, 1.54) is 154 Å². The van der Waals surface area contributed by atoms with Crippen molar-refractivity contribution >= 4 is 12.6 Å². The Bertz CT molecular complexity index is 675. The van der Waals surface area contributed by atoms with Crippen LogP contribution < -0.4 is 5.73 Å². The fourth-order valence-electron chi connectivity index (χ4n) is 8.29. The molecule has 0 spiro atoms. The first-order valence-corrected chi connectivity index (χ1v) is 19.2. The van der Waals surface area contributed by atoms with Crippen molar-refractivity contribution in [3.05, 3.63) is 12.2 Å². The normalized spacial score (nSPS) is 25.0. The average molecular weight is 606 g/mol. The first-order valence-electron chi connectivity index (χ1n) is 18.7. The van der Waals surface area contributed by atoms with Crippen molar-refractivity contribution in [1.82, 2.24) is 9.80 Å². The summed E-state index contributed by atoms with van der Waals surface area (Å²) in [6.45, 7) is 19.9. The maximum Gasteiger partial charge on any atom is 0.0167 e. The van der Waals surface area contributed by atoms with Crippen molar-refractivity contribution < 1.29 is 0 Å². The molecular formula is C38H75N3S. The summed E-state index contributed by atoms with van der Waals surface area (Å²) in [7, 11) is 2.24. The molecule has 0 aromatic carbocycles. The Kier molecular flexibility index (Phi) is 20.4. The molecule has 1 aliphatic heterocycles. The number of rotatable bonds is 25. The van der Waals surface area contributed by atoms with Gasteiger partial charge in [-0.3, -0.25) is 0 Å². The molecule has 2 N–H and O–H groups in total. The Morgan fingerprint density at radius 3 is 2.02 bits per heavy atom. The maximum atomic E-state index is 6.52. The Morgan fingerprint density at radius 1 is 0.857 bits per heavy atom. The topological polar surface area (TPSA) is 32.5 Å². The smallest absolute Gasteiger partial charge is 0.0167 e. The van der Waals surface area contributed by atoms with E-state index in [9.17, 15) is 0 Å². The van der Waals surface area contributed by atoms with Gasteiger partial charge in [-0.1, -0.05) is 104 Å². The predicted octanol–water partition coefficient (Wildman–Crippen LogP) is 10.0. The maximum absolute atomic E-state index is 6.52. The first kappa shape index (κ1) is 38.2. The molecule has 0 amide bonds. The summed E-state index contributed by atoms with van der Waals surface area (Å²) < 4.78 is 0. The van der Waals surface area contributed by atoms with Gasteiger partial charge in [0.2, 0.25) is 0 Å². The van der Waals surface area contributed by atoms with E-state index in [2.05, 4.69) is 63.8 Å². The number of unbranched alkanes of at least 4 members (excludes halogenated alkanes) is 6. The Labute approximate surface area is 270 Å². The van der Waals surface area contributed by atoms with E-state index in [1.54, 1.807) is 0 Å². The summed E-state index contributed by atoms with van der Waals surface area (Å²) in [5.74, 6) is 4.49. The second-order valence-electron chi connectivity index (χ2n) is 15.1. The minimum atomic E-state index is 0.335. The summed E-state index contributed by atoms with van der Waals surface area (Å²) in [5.41, 5.74) is 7.97. The standard InChI is InChI=1S/C38H75N3S/c1-7-9-25-40(6)30-37(39)22-15-11-14-21-35-27-36(31(3)4)26-34(20-13-10-12-18-32(5)42)38(35)23-17-16-19-33-28-41(29-33)24-8-2/h32-38,42H,3,7-30,39H2,1-2,4-6H3/t32-,34?,35-,36?,37?,38+/m0/s1. The van der Waals surface area contributed by atoms with Crippen LogP contribution in [-0.2, 0) is 0 Å². The van der Waals surface area contributed by atoms with Crippen molar-refractivity contribution in [3.63, 3.8) is 0 Å². The zero-order chi connectivity index (χ0) is 30.7. The second kappa shape index (κ2) is 22.5. The number of nitrogens with two attached hydrogens (primary N) is 1. The van der Waals surface area contributed by atoms with Crippen LogP contribution in [0.1, 0.15) is 150 Å². The van der Waals surface area contributed by atoms with Gasteiger partial charge in [0.25, 0.3) is 0 Å². The quantitative estimate of drug-likeness (QED) is 0.0617. The zero-order valence-corrected chi connectivity index (χ0v) is 30.0. The summed E-state index contributed by atoms with van der Waals surface area (Å²) >= 11 is 4.61. The van der Waals surface area contributed by atoms with Gasteiger partial charge in [0.05, 0.1) is 0 Å². The number of nitrogens with zero attached hydrogens (tertiary/aromatic N) is 2. The van der Waals surface area contributed by atoms with Gasteiger partial charge in [-0.05, 0) is 113 Å². The number of likely N-dealkylation sites (tertiary alicyclic amines) is 1. The van der Waals surface area contributed by atoms with Gasteiger partial charge in [-0.15, -0.1) is 0 Å². The van der Waals surface area contributed by atoms with E-state index in [-0.39, 0.29) is 0 Å². The zero-order valence-electron chi connectivity index (χ0n) is 29.1. The molecule has 0 radical (unpaired) electrons. The lowest BCUT2D eigenvalue weighted by atomic mass is 9.62. The highest BCUT2D eigenvalue weighted by Gasteiger charge is 2.37. The second-order valence-corrected chi connectivity index (χ2v) is 16.0. The number of hydrogen-bond acceptors (Lipinski definition) is 4. The molecule has 1 saturated heterocycles. The molecule has 1 saturated carbocycles. The number of hydrogen-bond donors (Lipinski definition) is 2. The largest absolute Gasteiger partial charge is 0.327 e. The average Bonchev–Trinajstić information content (AvgIpc) is 2.92. The van der Waals surface area contributed by atoms with Crippen LogP contribution in [-0.4, -0.2) is 60.9 Å². The fraction of sp³-hybridized carbons (Fsp3) is 0.947. The molecule has 0 aromatic rings. The summed E-state index contributed by atoms with van der Waals surface area (Å²) in [4.78, 5) is 5.09. The summed E-state index contributed by atoms with van der Waals surface area (Å²) in [5, 5.41) is 0.547. The van der Waals surface area contributed by atoms with Gasteiger partial charge in [0, 0.05) is 25.7 Å². The highest BCUT2D eigenvalue weighted by Crippen LogP contribution is 2.47. The third-order valence-electron chi connectivity index (χ3n) is 10.8. The Morgan fingerprint density at radius 2 is 1.45 bits per heavy atom. The lowest BCUT2D eigenvalue weighted by Gasteiger charge is -2.43. The van der Waals surface area contributed by atoms with Crippen LogP contribution in [0.4, 0.5) is 0 Å². The van der Waals surface area contributed by atoms with E-state index in [4.69, 9.17) is 5.73 Å².